The quantitative estimate of drug-likeness (QED) is 0.806. The lowest BCUT2D eigenvalue weighted by Crippen LogP contribution is -2.38. The lowest BCUT2D eigenvalue weighted by molar-refractivity contribution is -0.121. The number of aromatic nitrogens is 1. The third-order valence-corrected chi connectivity index (χ3v) is 3.73. The molecule has 1 fully saturated rings. The minimum atomic E-state index is 0.0460. The molecule has 4 nitrogen and oxygen atoms in total. The van der Waals surface area contributed by atoms with Crippen molar-refractivity contribution in [2.45, 2.75) is 38.3 Å². The van der Waals surface area contributed by atoms with E-state index in [4.69, 9.17) is 0 Å². The standard InChI is InChI=1S/C14H20N2O2/c1-15(12-5-7-13(17)8-6-12)10-11-16-9-3-2-4-14(16)18/h2-4,9,12H,5-8,10-11H2,1H3. The number of nitrogens with zero attached hydrogens (tertiary/aromatic N) is 2. The normalized spacial score (nSPS) is 17.3. The van der Waals surface area contributed by atoms with E-state index in [1.165, 1.54) is 0 Å². The van der Waals surface area contributed by atoms with Gasteiger partial charge in [-0.1, -0.05) is 6.07 Å². The predicted molar refractivity (Wildman–Crippen MR) is 70.6 cm³/mol. The Bertz CT molecular complexity index is 457. The van der Waals surface area contributed by atoms with Crippen molar-refractivity contribution in [1.29, 1.82) is 0 Å². The van der Waals surface area contributed by atoms with E-state index >= 15 is 0 Å². The number of carbonyl (C=O) groups is 1. The molecule has 98 valence electrons. The Morgan fingerprint density at radius 1 is 1.28 bits per heavy atom. The van der Waals surface area contributed by atoms with Crippen LogP contribution in [0.2, 0.25) is 0 Å². The van der Waals surface area contributed by atoms with E-state index in [0.29, 0.717) is 31.2 Å². The lowest BCUT2D eigenvalue weighted by atomic mass is 9.93. The number of pyridine rings is 1. The molecule has 0 radical (unpaired) electrons. The Balaban J connectivity index is 1.85. The van der Waals surface area contributed by atoms with E-state index in [2.05, 4.69) is 11.9 Å². The zero-order valence-electron chi connectivity index (χ0n) is 10.8. The van der Waals surface area contributed by atoms with E-state index in [1.54, 1.807) is 16.7 Å². The molecule has 1 aliphatic rings. The van der Waals surface area contributed by atoms with Crippen LogP contribution in [-0.4, -0.2) is 34.9 Å². The molecule has 1 aliphatic carbocycles. The van der Waals surface area contributed by atoms with Crippen LogP contribution < -0.4 is 5.56 Å². The minimum absolute atomic E-state index is 0.0460. The van der Waals surface area contributed by atoms with Crippen LogP contribution in [0.4, 0.5) is 0 Å². The summed E-state index contributed by atoms with van der Waals surface area (Å²) in [5.74, 6) is 0.388. The van der Waals surface area contributed by atoms with Crippen molar-refractivity contribution in [3.63, 3.8) is 0 Å². The van der Waals surface area contributed by atoms with Gasteiger partial charge in [-0.2, -0.15) is 0 Å². The second-order valence-corrected chi connectivity index (χ2v) is 4.98. The number of ketones is 1. The van der Waals surface area contributed by atoms with Gasteiger partial charge in [0.1, 0.15) is 5.78 Å². The van der Waals surface area contributed by atoms with E-state index < -0.39 is 0 Å². The summed E-state index contributed by atoms with van der Waals surface area (Å²) in [6.07, 6.45) is 5.15. The summed E-state index contributed by atoms with van der Waals surface area (Å²) >= 11 is 0. The van der Waals surface area contributed by atoms with E-state index in [1.807, 2.05) is 12.3 Å². The van der Waals surface area contributed by atoms with Crippen LogP contribution in [0, 0.1) is 0 Å². The summed E-state index contributed by atoms with van der Waals surface area (Å²) < 4.78 is 1.73. The molecule has 0 atom stereocenters. The molecule has 0 amide bonds. The Morgan fingerprint density at radius 3 is 2.67 bits per heavy atom. The largest absolute Gasteiger partial charge is 0.314 e. The average Bonchev–Trinajstić information content (AvgIpc) is 2.38. The summed E-state index contributed by atoms with van der Waals surface area (Å²) in [5.41, 5.74) is 0.0460. The molecule has 0 saturated heterocycles. The molecule has 1 aromatic rings. The van der Waals surface area contributed by atoms with Gasteiger partial charge >= 0.3 is 0 Å². The highest BCUT2D eigenvalue weighted by molar-refractivity contribution is 5.79. The first-order valence-electron chi connectivity index (χ1n) is 6.54. The number of hydrogen-bond donors (Lipinski definition) is 0. The average molecular weight is 248 g/mol. The molecule has 18 heavy (non-hydrogen) atoms. The Hall–Kier alpha value is -1.42. The topological polar surface area (TPSA) is 42.3 Å². The second-order valence-electron chi connectivity index (χ2n) is 4.98. The lowest BCUT2D eigenvalue weighted by Gasteiger charge is -2.30. The van der Waals surface area contributed by atoms with Gasteiger partial charge in [0.2, 0.25) is 0 Å². The first kappa shape index (κ1) is 13.0. The third kappa shape index (κ3) is 3.29. The molecule has 1 saturated carbocycles. The maximum Gasteiger partial charge on any atom is 0.250 e. The molecule has 0 unspecified atom stereocenters. The zero-order chi connectivity index (χ0) is 13.0. The first-order chi connectivity index (χ1) is 8.66. The van der Waals surface area contributed by atoms with Crippen molar-refractivity contribution >= 4 is 5.78 Å². The number of hydrogen-bond acceptors (Lipinski definition) is 3. The van der Waals surface area contributed by atoms with Gasteiger partial charge in [0, 0.05) is 44.2 Å². The number of Topliss-reactive ketones (excluding diaryl/α,β-unsaturated/α-hetero) is 1. The summed E-state index contributed by atoms with van der Waals surface area (Å²) in [5, 5.41) is 0. The molecule has 0 aliphatic heterocycles. The van der Waals surface area contributed by atoms with Crippen LogP contribution in [-0.2, 0) is 11.3 Å². The van der Waals surface area contributed by atoms with Gasteiger partial charge in [-0.15, -0.1) is 0 Å². The molecular weight excluding hydrogens is 228 g/mol. The summed E-state index contributed by atoms with van der Waals surface area (Å²) in [6, 6.07) is 5.71. The van der Waals surface area contributed by atoms with Crippen molar-refractivity contribution in [1.82, 2.24) is 9.47 Å². The van der Waals surface area contributed by atoms with E-state index in [-0.39, 0.29) is 5.56 Å². The first-order valence-corrected chi connectivity index (χ1v) is 6.54. The maximum absolute atomic E-state index is 11.6. The number of likely N-dealkylation sites (N-methyl/N-ethyl adjacent to an activating group) is 1. The van der Waals surface area contributed by atoms with Gasteiger partial charge in [-0.3, -0.25) is 9.59 Å². The Morgan fingerprint density at radius 2 is 2.00 bits per heavy atom. The van der Waals surface area contributed by atoms with Crippen LogP contribution >= 0.6 is 0 Å². The van der Waals surface area contributed by atoms with Crippen LogP contribution in [0.3, 0.4) is 0 Å². The van der Waals surface area contributed by atoms with Crippen molar-refractivity contribution in [2.75, 3.05) is 13.6 Å². The molecule has 4 heteroatoms. The summed E-state index contributed by atoms with van der Waals surface area (Å²) in [6.45, 7) is 1.56. The maximum atomic E-state index is 11.6. The summed E-state index contributed by atoms with van der Waals surface area (Å²) in [7, 11) is 2.08. The fourth-order valence-corrected chi connectivity index (χ4v) is 2.46. The fourth-order valence-electron chi connectivity index (χ4n) is 2.46. The predicted octanol–water partition coefficient (Wildman–Crippen LogP) is 1.29. The van der Waals surface area contributed by atoms with Crippen molar-refractivity contribution in [3.05, 3.63) is 34.7 Å². The van der Waals surface area contributed by atoms with Crippen LogP contribution in [0.1, 0.15) is 25.7 Å². The van der Waals surface area contributed by atoms with Crippen LogP contribution in [0.15, 0.2) is 29.2 Å². The molecule has 1 aromatic heterocycles. The highest BCUT2D eigenvalue weighted by Gasteiger charge is 2.21. The molecule has 2 rings (SSSR count). The third-order valence-electron chi connectivity index (χ3n) is 3.73. The molecular formula is C14H20N2O2. The van der Waals surface area contributed by atoms with E-state index in [0.717, 1.165) is 19.4 Å². The van der Waals surface area contributed by atoms with Crippen molar-refractivity contribution < 1.29 is 4.79 Å². The highest BCUT2D eigenvalue weighted by Crippen LogP contribution is 2.19. The van der Waals surface area contributed by atoms with E-state index in [9.17, 15) is 9.59 Å². The van der Waals surface area contributed by atoms with Gasteiger partial charge in [0.15, 0.2) is 0 Å². The Labute approximate surface area is 107 Å². The van der Waals surface area contributed by atoms with Crippen molar-refractivity contribution in [2.24, 2.45) is 0 Å². The van der Waals surface area contributed by atoms with Gasteiger partial charge in [-0.05, 0) is 26.0 Å². The SMILES string of the molecule is CN(CCn1ccccc1=O)C1CCC(=O)CC1. The molecule has 0 spiro atoms. The zero-order valence-corrected chi connectivity index (χ0v) is 10.8. The van der Waals surface area contributed by atoms with Gasteiger partial charge in [-0.25, -0.2) is 0 Å². The Kier molecular flexibility index (Phi) is 4.31. The fraction of sp³-hybridized carbons (Fsp3) is 0.571. The molecule has 1 heterocycles. The van der Waals surface area contributed by atoms with Gasteiger partial charge in [0.05, 0.1) is 0 Å². The van der Waals surface area contributed by atoms with Crippen LogP contribution in [0.5, 0.6) is 0 Å². The van der Waals surface area contributed by atoms with Crippen molar-refractivity contribution in [3.8, 4) is 0 Å². The molecule has 0 aromatic carbocycles. The summed E-state index contributed by atoms with van der Waals surface area (Å²) in [4.78, 5) is 25.0. The second kappa shape index (κ2) is 5.96. The number of rotatable bonds is 4. The van der Waals surface area contributed by atoms with Gasteiger partial charge in [0.25, 0.3) is 5.56 Å². The molecule has 0 bridgehead atoms. The minimum Gasteiger partial charge on any atom is -0.314 e. The smallest absolute Gasteiger partial charge is 0.250 e. The highest BCUT2D eigenvalue weighted by atomic mass is 16.1. The molecule has 0 N–H and O–H groups in total. The van der Waals surface area contributed by atoms with Crippen LogP contribution in [0.25, 0.3) is 0 Å². The number of carbonyl (C=O) groups excluding carboxylic acids is 1. The monoisotopic (exact) mass is 248 g/mol. The van der Waals surface area contributed by atoms with Gasteiger partial charge < -0.3 is 9.47 Å².